The lowest BCUT2D eigenvalue weighted by atomic mass is 10.1. The molecule has 0 bridgehead atoms. The summed E-state index contributed by atoms with van der Waals surface area (Å²) in [7, 11) is 0. The van der Waals surface area contributed by atoms with Gasteiger partial charge in [0, 0.05) is 11.3 Å². The fraction of sp³-hybridized carbons (Fsp3) is 0.150. The highest BCUT2D eigenvalue weighted by Gasteiger charge is 2.25. The number of hydrogen-bond acceptors (Lipinski definition) is 5. The van der Waals surface area contributed by atoms with Gasteiger partial charge in [-0.05, 0) is 32.0 Å². The third-order valence-corrected chi connectivity index (χ3v) is 4.31. The van der Waals surface area contributed by atoms with Crippen LogP contribution < -0.4 is 15.4 Å². The molecule has 0 saturated carbocycles. The molecule has 136 valence electrons. The van der Waals surface area contributed by atoms with Gasteiger partial charge in [0.05, 0.1) is 5.69 Å². The zero-order valence-corrected chi connectivity index (χ0v) is 14.8. The summed E-state index contributed by atoms with van der Waals surface area (Å²) in [5.74, 6) is 0.414. The lowest BCUT2D eigenvalue weighted by Crippen LogP contribution is -2.34. The van der Waals surface area contributed by atoms with Crippen molar-refractivity contribution in [2.24, 2.45) is 0 Å². The summed E-state index contributed by atoms with van der Waals surface area (Å²) < 4.78 is 10.8. The zero-order chi connectivity index (χ0) is 19.0. The quantitative estimate of drug-likeness (QED) is 0.741. The van der Waals surface area contributed by atoms with E-state index in [-0.39, 0.29) is 11.8 Å². The van der Waals surface area contributed by atoms with E-state index in [2.05, 4.69) is 15.8 Å². The Labute approximate surface area is 155 Å². The highest BCUT2D eigenvalue weighted by Crippen LogP contribution is 2.33. The summed E-state index contributed by atoms with van der Waals surface area (Å²) in [5.41, 5.74) is 2.68. The number of benzene rings is 2. The Kier molecular flexibility index (Phi) is 4.12. The third-order valence-electron chi connectivity index (χ3n) is 4.31. The molecule has 1 aliphatic heterocycles. The number of anilines is 2. The van der Waals surface area contributed by atoms with E-state index in [0.717, 1.165) is 5.56 Å². The van der Waals surface area contributed by atoms with E-state index in [4.69, 9.17) is 9.26 Å². The lowest BCUT2D eigenvalue weighted by molar-refractivity contribution is -0.122. The maximum Gasteiger partial charge on any atom is 0.265 e. The minimum absolute atomic E-state index is 0.229. The Morgan fingerprint density at radius 3 is 2.74 bits per heavy atom. The van der Waals surface area contributed by atoms with Crippen molar-refractivity contribution >= 4 is 23.2 Å². The average molecular weight is 363 g/mol. The van der Waals surface area contributed by atoms with Crippen LogP contribution in [0, 0.1) is 6.92 Å². The monoisotopic (exact) mass is 363 g/mol. The molecule has 7 heteroatoms. The first-order valence-electron chi connectivity index (χ1n) is 8.47. The first-order chi connectivity index (χ1) is 13.0. The van der Waals surface area contributed by atoms with Crippen LogP contribution in [0.4, 0.5) is 11.4 Å². The molecule has 27 heavy (non-hydrogen) atoms. The van der Waals surface area contributed by atoms with Crippen LogP contribution in [0.15, 0.2) is 53.1 Å². The highest BCUT2D eigenvalue weighted by molar-refractivity contribution is 6.09. The number of carbonyl (C=O) groups excluding carboxylic acids is 2. The SMILES string of the molecule is Cc1onc(-c2ccccc2)c1C(=O)Nc1ccc2c(c1)NC(=O)[C@H](C)O2. The molecular formula is C20H17N3O4. The number of amides is 2. The molecule has 1 aliphatic rings. The van der Waals surface area contributed by atoms with E-state index in [1.165, 1.54) is 0 Å². The number of nitrogens with zero attached hydrogens (tertiary/aromatic N) is 1. The summed E-state index contributed by atoms with van der Waals surface area (Å²) in [6, 6.07) is 14.4. The number of aryl methyl sites for hydroxylation is 1. The molecule has 0 radical (unpaired) electrons. The highest BCUT2D eigenvalue weighted by atomic mass is 16.5. The molecule has 4 rings (SSSR count). The standard InChI is InChI=1S/C20H17N3O4/c1-11-17(18(23-27-11)13-6-4-3-5-7-13)20(25)21-14-8-9-16-15(10-14)22-19(24)12(2)26-16/h3-10,12H,1-2H3,(H,21,25)(H,22,24)/t12-/m0/s1. The molecular weight excluding hydrogens is 346 g/mol. The Hall–Kier alpha value is -3.61. The Morgan fingerprint density at radius 1 is 1.19 bits per heavy atom. The van der Waals surface area contributed by atoms with Gasteiger partial charge in [-0.3, -0.25) is 9.59 Å². The molecule has 0 unspecified atom stereocenters. The van der Waals surface area contributed by atoms with Crippen LogP contribution in [0.25, 0.3) is 11.3 Å². The van der Waals surface area contributed by atoms with Crippen molar-refractivity contribution in [3.8, 4) is 17.0 Å². The van der Waals surface area contributed by atoms with Gasteiger partial charge < -0.3 is 19.9 Å². The van der Waals surface area contributed by atoms with Crippen LogP contribution in [-0.4, -0.2) is 23.1 Å². The molecule has 2 aromatic carbocycles. The van der Waals surface area contributed by atoms with Crippen molar-refractivity contribution in [1.82, 2.24) is 5.16 Å². The second kappa shape index (κ2) is 6.60. The molecule has 0 saturated heterocycles. The normalized spacial score (nSPS) is 15.5. The summed E-state index contributed by atoms with van der Waals surface area (Å²) in [5, 5.41) is 9.61. The second-order valence-corrected chi connectivity index (χ2v) is 6.24. The number of carbonyl (C=O) groups is 2. The number of rotatable bonds is 3. The Bertz CT molecular complexity index is 1030. The van der Waals surface area contributed by atoms with Crippen molar-refractivity contribution < 1.29 is 18.8 Å². The van der Waals surface area contributed by atoms with Crippen LogP contribution in [0.2, 0.25) is 0 Å². The number of ether oxygens (including phenoxy) is 1. The van der Waals surface area contributed by atoms with E-state index < -0.39 is 6.10 Å². The van der Waals surface area contributed by atoms with Crippen molar-refractivity contribution in [3.63, 3.8) is 0 Å². The van der Waals surface area contributed by atoms with Crippen LogP contribution >= 0.6 is 0 Å². The number of hydrogen-bond donors (Lipinski definition) is 2. The molecule has 2 N–H and O–H groups in total. The average Bonchev–Trinajstić information content (AvgIpc) is 3.05. The first kappa shape index (κ1) is 16.8. The summed E-state index contributed by atoms with van der Waals surface area (Å²) in [4.78, 5) is 24.6. The van der Waals surface area contributed by atoms with Crippen molar-refractivity contribution in [3.05, 3.63) is 59.9 Å². The lowest BCUT2D eigenvalue weighted by Gasteiger charge is -2.23. The van der Waals surface area contributed by atoms with E-state index in [1.807, 2.05) is 30.3 Å². The molecule has 0 aliphatic carbocycles. The van der Waals surface area contributed by atoms with Crippen LogP contribution in [-0.2, 0) is 4.79 Å². The van der Waals surface area contributed by atoms with Gasteiger partial charge in [-0.15, -0.1) is 0 Å². The van der Waals surface area contributed by atoms with Crippen LogP contribution in [0.3, 0.4) is 0 Å². The molecule has 1 atom stereocenters. The van der Waals surface area contributed by atoms with E-state index >= 15 is 0 Å². The largest absolute Gasteiger partial charge is 0.479 e. The van der Waals surface area contributed by atoms with E-state index in [0.29, 0.717) is 34.1 Å². The summed E-state index contributed by atoms with van der Waals surface area (Å²) in [6.07, 6.45) is -0.550. The number of aromatic nitrogens is 1. The minimum Gasteiger partial charge on any atom is -0.479 e. The molecule has 0 spiro atoms. The maximum atomic E-state index is 12.8. The molecule has 2 heterocycles. The molecule has 2 amide bonds. The molecule has 1 aromatic heterocycles. The van der Waals surface area contributed by atoms with Crippen molar-refractivity contribution in [2.75, 3.05) is 10.6 Å². The van der Waals surface area contributed by atoms with Gasteiger partial charge in [-0.2, -0.15) is 0 Å². The predicted molar refractivity (Wildman–Crippen MR) is 99.8 cm³/mol. The van der Waals surface area contributed by atoms with Crippen LogP contribution in [0.5, 0.6) is 5.75 Å². The summed E-state index contributed by atoms with van der Waals surface area (Å²) >= 11 is 0. The predicted octanol–water partition coefficient (Wildman–Crippen LogP) is 3.62. The van der Waals surface area contributed by atoms with Gasteiger partial charge >= 0.3 is 0 Å². The van der Waals surface area contributed by atoms with Gasteiger partial charge in [-0.1, -0.05) is 35.5 Å². The van der Waals surface area contributed by atoms with Crippen LogP contribution in [0.1, 0.15) is 23.0 Å². The van der Waals surface area contributed by atoms with E-state index in [9.17, 15) is 9.59 Å². The minimum atomic E-state index is -0.550. The molecule has 3 aromatic rings. The van der Waals surface area contributed by atoms with Gasteiger partial charge in [0.25, 0.3) is 11.8 Å². The fourth-order valence-corrected chi connectivity index (χ4v) is 2.91. The Morgan fingerprint density at radius 2 is 1.96 bits per heavy atom. The first-order valence-corrected chi connectivity index (χ1v) is 8.47. The van der Waals surface area contributed by atoms with Crippen molar-refractivity contribution in [1.29, 1.82) is 0 Å². The maximum absolute atomic E-state index is 12.8. The Balaban J connectivity index is 1.62. The summed E-state index contributed by atoms with van der Waals surface area (Å²) in [6.45, 7) is 3.37. The fourth-order valence-electron chi connectivity index (χ4n) is 2.91. The van der Waals surface area contributed by atoms with Gasteiger partial charge in [0.15, 0.2) is 6.10 Å². The van der Waals surface area contributed by atoms with Gasteiger partial charge in [0.2, 0.25) is 0 Å². The van der Waals surface area contributed by atoms with Gasteiger partial charge in [0.1, 0.15) is 22.8 Å². The van der Waals surface area contributed by atoms with E-state index in [1.54, 1.807) is 32.0 Å². The third kappa shape index (κ3) is 3.15. The van der Waals surface area contributed by atoms with Gasteiger partial charge in [-0.25, -0.2) is 0 Å². The number of fused-ring (bicyclic) bond motifs is 1. The second-order valence-electron chi connectivity index (χ2n) is 6.24. The molecule has 7 nitrogen and oxygen atoms in total. The number of nitrogens with one attached hydrogen (secondary N) is 2. The molecule has 0 fully saturated rings. The topological polar surface area (TPSA) is 93.5 Å². The smallest absolute Gasteiger partial charge is 0.265 e. The zero-order valence-electron chi connectivity index (χ0n) is 14.8. The van der Waals surface area contributed by atoms with Crippen molar-refractivity contribution in [2.45, 2.75) is 20.0 Å².